The van der Waals surface area contributed by atoms with Gasteiger partial charge in [0.25, 0.3) is 5.91 Å². The van der Waals surface area contributed by atoms with Crippen LogP contribution in [0, 0.1) is 0 Å². The molecule has 3 aromatic carbocycles. The summed E-state index contributed by atoms with van der Waals surface area (Å²) in [6.45, 7) is 0.147. The molecule has 6 nitrogen and oxygen atoms in total. The van der Waals surface area contributed by atoms with Crippen molar-refractivity contribution in [2.75, 3.05) is 10.2 Å². The number of hydrogen-bond donors (Lipinski definition) is 1. The molecule has 0 spiro atoms. The highest BCUT2D eigenvalue weighted by molar-refractivity contribution is 7.13. The zero-order valence-electron chi connectivity index (χ0n) is 17.6. The second-order valence-corrected chi connectivity index (χ2v) is 8.48. The van der Waals surface area contributed by atoms with E-state index in [9.17, 15) is 9.59 Å². The maximum absolute atomic E-state index is 13.9. The lowest BCUT2D eigenvalue weighted by Gasteiger charge is -2.26. The lowest BCUT2D eigenvalue weighted by Crippen LogP contribution is -2.43. The average molecular weight is 456 g/mol. The van der Waals surface area contributed by atoms with Gasteiger partial charge in [0.15, 0.2) is 5.13 Å². The highest BCUT2D eigenvalue weighted by Crippen LogP contribution is 2.39. The molecule has 0 saturated carbocycles. The molecule has 5 rings (SSSR count). The number of hydrogen-bond acceptors (Lipinski definition) is 6. The van der Waals surface area contributed by atoms with Crippen LogP contribution in [0.3, 0.4) is 0 Å². The first-order valence-corrected chi connectivity index (χ1v) is 11.4. The molecule has 0 bridgehead atoms. The molecule has 2 heterocycles. The molecule has 7 heteroatoms. The summed E-state index contributed by atoms with van der Waals surface area (Å²) in [4.78, 5) is 33.1. The van der Waals surface area contributed by atoms with E-state index in [-0.39, 0.29) is 12.5 Å². The van der Waals surface area contributed by atoms with E-state index in [1.807, 2.05) is 90.3 Å². The van der Waals surface area contributed by atoms with Gasteiger partial charge in [0.1, 0.15) is 18.6 Å². The normalized spacial score (nSPS) is 16.5. The monoisotopic (exact) mass is 455 g/mol. The van der Waals surface area contributed by atoms with Crippen molar-refractivity contribution in [3.05, 3.63) is 108 Å². The summed E-state index contributed by atoms with van der Waals surface area (Å²) >= 11 is 1.36. The Hall–Kier alpha value is -3.97. The molecule has 1 N–H and O–H groups in total. The van der Waals surface area contributed by atoms with Crippen LogP contribution in [0.2, 0.25) is 0 Å². The molecule has 0 fully saturated rings. The second-order valence-electron chi connectivity index (χ2n) is 7.60. The van der Waals surface area contributed by atoms with Gasteiger partial charge in [-0.05, 0) is 29.3 Å². The summed E-state index contributed by atoms with van der Waals surface area (Å²) in [5, 5.41) is 5.62. The molecule has 33 heavy (non-hydrogen) atoms. The number of nitrogens with zero attached hydrogens (tertiary/aromatic N) is 2. The van der Waals surface area contributed by atoms with Crippen molar-refractivity contribution in [3.63, 3.8) is 0 Å². The number of benzene rings is 3. The number of carbonyl (C=O) groups excluding carboxylic acids is 2. The van der Waals surface area contributed by atoms with Gasteiger partial charge in [-0.15, -0.1) is 11.3 Å². The Balaban J connectivity index is 1.47. The van der Waals surface area contributed by atoms with Crippen molar-refractivity contribution >= 4 is 39.7 Å². The summed E-state index contributed by atoms with van der Waals surface area (Å²) in [7, 11) is 0. The number of fused-ring (bicyclic) bond motifs is 1. The number of para-hydroxylation sites is 2. The van der Waals surface area contributed by atoms with E-state index < -0.39 is 17.9 Å². The highest BCUT2D eigenvalue weighted by atomic mass is 32.1. The van der Waals surface area contributed by atoms with Crippen LogP contribution in [0.4, 0.5) is 16.5 Å². The minimum atomic E-state index is -0.824. The summed E-state index contributed by atoms with van der Waals surface area (Å²) in [5.74, 6) is -1.49. The maximum atomic E-state index is 13.9. The number of nitrogens with one attached hydrogen (secondary N) is 1. The Labute approximate surface area is 195 Å². The van der Waals surface area contributed by atoms with Gasteiger partial charge in [0.2, 0.25) is 0 Å². The molecule has 4 aromatic rings. The number of ether oxygens (including phenoxy) is 1. The second kappa shape index (κ2) is 9.26. The predicted molar refractivity (Wildman–Crippen MR) is 129 cm³/mol. The van der Waals surface area contributed by atoms with Crippen molar-refractivity contribution in [1.29, 1.82) is 0 Å². The standard InChI is InChI=1S/C26H21N3O3S/c30-24(29(26-27-15-16-33-26)19-11-5-2-6-12-19)23-22(20-13-7-8-14-21(20)28-23)25(31)32-17-18-9-3-1-4-10-18/h1-16,22-23,28H,17H2. The topological polar surface area (TPSA) is 71.5 Å². The van der Waals surface area contributed by atoms with E-state index in [1.54, 1.807) is 11.1 Å². The van der Waals surface area contributed by atoms with Crippen molar-refractivity contribution < 1.29 is 14.3 Å². The molecule has 0 aliphatic carbocycles. The van der Waals surface area contributed by atoms with Crippen LogP contribution >= 0.6 is 11.3 Å². The van der Waals surface area contributed by atoms with Gasteiger partial charge in [-0.2, -0.15) is 0 Å². The Bertz CT molecular complexity index is 1250. The lowest BCUT2D eigenvalue weighted by molar-refractivity contribution is -0.148. The fraction of sp³-hybridized carbons (Fsp3) is 0.115. The van der Waals surface area contributed by atoms with Crippen LogP contribution in [-0.2, 0) is 20.9 Å². The molecule has 1 aliphatic rings. The van der Waals surface area contributed by atoms with Crippen LogP contribution in [-0.4, -0.2) is 22.9 Å². The van der Waals surface area contributed by atoms with Crippen LogP contribution in [0.25, 0.3) is 0 Å². The van der Waals surface area contributed by atoms with Crippen LogP contribution in [0.1, 0.15) is 17.0 Å². The number of esters is 1. The van der Waals surface area contributed by atoms with Crippen LogP contribution in [0.5, 0.6) is 0 Å². The van der Waals surface area contributed by atoms with E-state index in [1.165, 1.54) is 11.3 Å². The van der Waals surface area contributed by atoms with E-state index in [4.69, 9.17) is 4.74 Å². The fourth-order valence-electron chi connectivity index (χ4n) is 3.99. The molecule has 0 radical (unpaired) electrons. The third-order valence-electron chi connectivity index (χ3n) is 5.53. The zero-order valence-corrected chi connectivity index (χ0v) is 18.4. The summed E-state index contributed by atoms with van der Waals surface area (Å²) in [6, 6.07) is 25.5. The molecule has 1 aromatic heterocycles. The van der Waals surface area contributed by atoms with Crippen molar-refractivity contribution in [1.82, 2.24) is 4.98 Å². The molecular weight excluding hydrogens is 434 g/mol. The number of anilines is 3. The molecule has 2 atom stereocenters. The van der Waals surface area contributed by atoms with Crippen molar-refractivity contribution in [2.45, 2.75) is 18.6 Å². The first-order valence-electron chi connectivity index (χ1n) is 10.6. The van der Waals surface area contributed by atoms with E-state index in [2.05, 4.69) is 10.3 Å². The van der Waals surface area contributed by atoms with Gasteiger partial charge in [0.05, 0.1) is 5.69 Å². The van der Waals surface area contributed by atoms with Gasteiger partial charge in [-0.3, -0.25) is 14.5 Å². The average Bonchev–Trinajstić information content (AvgIpc) is 3.52. The largest absolute Gasteiger partial charge is 0.460 e. The van der Waals surface area contributed by atoms with Crippen molar-refractivity contribution in [3.8, 4) is 0 Å². The minimum Gasteiger partial charge on any atom is -0.460 e. The molecule has 2 unspecified atom stereocenters. The van der Waals surface area contributed by atoms with Crippen LogP contribution < -0.4 is 10.2 Å². The molecule has 1 aliphatic heterocycles. The summed E-state index contributed by atoms with van der Waals surface area (Å²) in [6.07, 6.45) is 1.66. The van der Waals surface area contributed by atoms with E-state index in [0.717, 1.165) is 16.8 Å². The number of amides is 1. The quantitative estimate of drug-likeness (QED) is 0.408. The van der Waals surface area contributed by atoms with Crippen LogP contribution in [0.15, 0.2) is 96.5 Å². The molecular formula is C26H21N3O3S. The summed E-state index contributed by atoms with van der Waals surface area (Å²) < 4.78 is 5.66. The zero-order chi connectivity index (χ0) is 22.6. The minimum absolute atomic E-state index is 0.147. The molecule has 0 saturated heterocycles. The first kappa shape index (κ1) is 20.9. The van der Waals surface area contributed by atoms with Gasteiger partial charge in [0, 0.05) is 17.3 Å². The molecule has 164 valence electrons. The smallest absolute Gasteiger partial charge is 0.316 e. The molecule has 1 amide bonds. The maximum Gasteiger partial charge on any atom is 0.316 e. The Morgan fingerprint density at radius 3 is 2.36 bits per heavy atom. The Morgan fingerprint density at radius 1 is 0.939 bits per heavy atom. The van der Waals surface area contributed by atoms with Gasteiger partial charge >= 0.3 is 5.97 Å². The predicted octanol–water partition coefficient (Wildman–Crippen LogP) is 5.13. The summed E-state index contributed by atoms with van der Waals surface area (Å²) in [5.41, 5.74) is 3.08. The number of carbonyl (C=O) groups is 2. The number of aromatic nitrogens is 1. The number of rotatable bonds is 6. The third kappa shape index (κ3) is 4.23. The Morgan fingerprint density at radius 2 is 1.64 bits per heavy atom. The van der Waals surface area contributed by atoms with Gasteiger partial charge in [-0.1, -0.05) is 66.7 Å². The highest BCUT2D eigenvalue weighted by Gasteiger charge is 2.45. The third-order valence-corrected chi connectivity index (χ3v) is 6.29. The Kier molecular flexibility index (Phi) is 5.87. The lowest BCUT2D eigenvalue weighted by atomic mass is 9.94. The SMILES string of the molecule is O=C(OCc1ccccc1)C1c2ccccc2NC1C(=O)N(c1ccccc1)c1nccs1. The first-order chi connectivity index (χ1) is 16.2. The van der Waals surface area contributed by atoms with E-state index >= 15 is 0 Å². The fourth-order valence-corrected chi connectivity index (χ4v) is 4.66. The van der Waals surface area contributed by atoms with Gasteiger partial charge in [-0.25, -0.2) is 4.98 Å². The van der Waals surface area contributed by atoms with Crippen molar-refractivity contribution in [2.24, 2.45) is 0 Å². The van der Waals surface area contributed by atoms with E-state index in [0.29, 0.717) is 10.8 Å². The van der Waals surface area contributed by atoms with Gasteiger partial charge < -0.3 is 10.1 Å². The number of thiazole rings is 1.